The van der Waals surface area contributed by atoms with Gasteiger partial charge in [-0.2, -0.15) is 0 Å². The molecular formula is C13H19ClN2O2S. The summed E-state index contributed by atoms with van der Waals surface area (Å²) in [6.45, 7) is 1.81. The Bertz CT molecular complexity index is 546. The van der Waals surface area contributed by atoms with Gasteiger partial charge in [-0.1, -0.05) is 17.7 Å². The van der Waals surface area contributed by atoms with Gasteiger partial charge in [-0.15, -0.1) is 0 Å². The van der Waals surface area contributed by atoms with Crippen LogP contribution >= 0.6 is 11.6 Å². The lowest BCUT2D eigenvalue weighted by molar-refractivity contribution is 0.597. The Balaban J connectivity index is 2.28. The van der Waals surface area contributed by atoms with E-state index >= 15 is 0 Å². The van der Waals surface area contributed by atoms with Crippen molar-refractivity contribution in [3.63, 3.8) is 0 Å². The molecule has 4 nitrogen and oxygen atoms in total. The number of benzene rings is 1. The van der Waals surface area contributed by atoms with E-state index in [1.807, 2.05) is 18.2 Å². The van der Waals surface area contributed by atoms with Crippen LogP contribution in [0.5, 0.6) is 0 Å². The van der Waals surface area contributed by atoms with Gasteiger partial charge in [0.25, 0.3) is 0 Å². The first kappa shape index (κ1) is 14.6. The van der Waals surface area contributed by atoms with Crippen LogP contribution in [0.25, 0.3) is 0 Å². The van der Waals surface area contributed by atoms with E-state index in [0.717, 1.165) is 17.8 Å². The van der Waals surface area contributed by atoms with Crippen LogP contribution in [0.15, 0.2) is 18.2 Å². The molecule has 1 aromatic carbocycles. The molecule has 106 valence electrons. The maximum absolute atomic E-state index is 11.7. The predicted molar refractivity (Wildman–Crippen MR) is 79.7 cm³/mol. The molecule has 2 N–H and O–H groups in total. The van der Waals surface area contributed by atoms with Crippen molar-refractivity contribution in [2.45, 2.75) is 12.8 Å². The minimum Gasteiger partial charge on any atom is -0.370 e. The minimum atomic E-state index is -2.89. The largest absolute Gasteiger partial charge is 0.370 e. The van der Waals surface area contributed by atoms with Crippen LogP contribution in [-0.4, -0.2) is 39.6 Å². The van der Waals surface area contributed by atoms with E-state index in [-0.39, 0.29) is 11.5 Å². The van der Waals surface area contributed by atoms with Gasteiger partial charge in [0.2, 0.25) is 0 Å². The van der Waals surface area contributed by atoms with E-state index in [2.05, 4.69) is 4.90 Å². The second-order valence-electron chi connectivity index (χ2n) is 4.77. The highest BCUT2D eigenvalue weighted by molar-refractivity contribution is 7.91. The van der Waals surface area contributed by atoms with Crippen LogP contribution in [0.1, 0.15) is 12.0 Å². The Morgan fingerprint density at radius 2 is 2.05 bits per heavy atom. The lowest BCUT2D eigenvalue weighted by atomic mass is 10.1. The first-order valence-electron chi connectivity index (χ1n) is 6.46. The first-order chi connectivity index (χ1) is 9.03. The van der Waals surface area contributed by atoms with E-state index in [4.69, 9.17) is 17.3 Å². The minimum absolute atomic E-state index is 0.210. The molecule has 0 radical (unpaired) electrons. The number of anilines is 1. The molecule has 1 aliphatic rings. The lowest BCUT2D eigenvalue weighted by Gasteiger charge is -2.25. The average molecular weight is 303 g/mol. The van der Waals surface area contributed by atoms with E-state index < -0.39 is 9.84 Å². The van der Waals surface area contributed by atoms with Crippen molar-refractivity contribution in [3.05, 3.63) is 28.8 Å². The van der Waals surface area contributed by atoms with Crippen molar-refractivity contribution in [1.82, 2.24) is 0 Å². The smallest absolute Gasteiger partial charge is 0.152 e. The molecule has 0 aliphatic carbocycles. The van der Waals surface area contributed by atoms with Gasteiger partial charge < -0.3 is 10.6 Å². The average Bonchev–Trinajstić information content (AvgIpc) is 2.53. The molecule has 1 heterocycles. The number of nitrogens with zero attached hydrogens (tertiary/aromatic N) is 1. The molecule has 0 unspecified atom stereocenters. The molecule has 1 saturated heterocycles. The van der Waals surface area contributed by atoms with Crippen molar-refractivity contribution < 1.29 is 8.42 Å². The number of rotatable bonds is 3. The highest BCUT2D eigenvalue weighted by Gasteiger charge is 2.21. The predicted octanol–water partition coefficient (Wildman–Crippen LogP) is 1.47. The Morgan fingerprint density at radius 1 is 1.26 bits per heavy atom. The monoisotopic (exact) mass is 302 g/mol. The molecule has 0 bridgehead atoms. The summed E-state index contributed by atoms with van der Waals surface area (Å²) in [6, 6.07) is 5.75. The molecule has 1 fully saturated rings. The van der Waals surface area contributed by atoms with Crippen LogP contribution in [0.2, 0.25) is 5.02 Å². The fourth-order valence-corrected chi connectivity index (χ4v) is 3.95. The van der Waals surface area contributed by atoms with E-state index in [0.29, 0.717) is 31.0 Å². The second kappa shape index (κ2) is 6.11. The van der Waals surface area contributed by atoms with Crippen LogP contribution in [-0.2, 0) is 16.3 Å². The summed E-state index contributed by atoms with van der Waals surface area (Å²) in [5.41, 5.74) is 7.67. The van der Waals surface area contributed by atoms with Crippen LogP contribution < -0.4 is 10.6 Å². The summed E-state index contributed by atoms with van der Waals surface area (Å²) < 4.78 is 23.3. The van der Waals surface area contributed by atoms with E-state index in [1.54, 1.807) is 0 Å². The SMILES string of the molecule is NCCc1c(Cl)cccc1N1CCCS(=O)(=O)CC1. The zero-order chi connectivity index (χ0) is 13.9. The van der Waals surface area contributed by atoms with Gasteiger partial charge in [0.1, 0.15) is 0 Å². The van der Waals surface area contributed by atoms with Crippen molar-refractivity contribution in [2.75, 3.05) is 36.0 Å². The standard InChI is InChI=1S/C13H19ClN2O2S/c14-12-3-1-4-13(11(12)5-6-15)16-7-2-9-19(17,18)10-8-16/h1,3-4H,2,5-10,15H2. The molecule has 2 rings (SSSR count). The highest BCUT2D eigenvalue weighted by Crippen LogP contribution is 2.28. The summed E-state index contributed by atoms with van der Waals surface area (Å²) in [6.07, 6.45) is 1.37. The maximum atomic E-state index is 11.7. The van der Waals surface area contributed by atoms with Crippen LogP contribution in [0.4, 0.5) is 5.69 Å². The van der Waals surface area contributed by atoms with Gasteiger partial charge in [-0.05, 0) is 37.1 Å². The number of halogens is 1. The Kier molecular flexibility index (Phi) is 4.71. The summed E-state index contributed by atoms with van der Waals surface area (Å²) >= 11 is 6.22. The topological polar surface area (TPSA) is 63.4 Å². The fourth-order valence-electron chi connectivity index (χ4n) is 2.41. The Morgan fingerprint density at radius 3 is 2.79 bits per heavy atom. The second-order valence-corrected chi connectivity index (χ2v) is 7.48. The van der Waals surface area contributed by atoms with Crippen LogP contribution in [0.3, 0.4) is 0 Å². The zero-order valence-electron chi connectivity index (χ0n) is 10.8. The normalized spacial score (nSPS) is 19.2. The third-order valence-electron chi connectivity index (χ3n) is 3.38. The molecule has 0 atom stereocenters. The highest BCUT2D eigenvalue weighted by atomic mass is 35.5. The van der Waals surface area contributed by atoms with Gasteiger partial charge in [-0.25, -0.2) is 8.42 Å². The van der Waals surface area contributed by atoms with Crippen molar-refractivity contribution in [3.8, 4) is 0 Å². The molecule has 0 aromatic heterocycles. The molecule has 0 amide bonds. The summed E-state index contributed by atoms with van der Waals surface area (Å²) in [5.74, 6) is 0.484. The van der Waals surface area contributed by atoms with Crippen LogP contribution in [0, 0.1) is 0 Å². The summed E-state index contributed by atoms with van der Waals surface area (Å²) in [5, 5.41) is 0.704. The molecular weight excluding hydrogens is 284 g/mol. The number of nitrogens with two attached hydrogens (primary N) is 1. The van der Waals surface area contributed by atoms with E-state index in [9.17, 15) is 8.42 Å². The van der Waals surface area contributed by atoms with Gasteiger partial charge >= 0.3 is 0 Å². The van der Waals surface area contributed by atoms with Gasteiger partial charge in [-0.3, -0.25) is 0 Å². The summed E-state index contributed by atoms with van der Waals surface area (Å²) in [7, 11) is -2.89. The van der Waals surface area contributed by atoms with Gasteiger partial charge in [0.15, 0.2) is 9.84 Å². The molecule has 1 aromatic rings. The summed E-state index contributed by atoms with van der Waals surface area (Å²) in [4.78, 5) is 2.11. The van der Waals surface area contributed by atoms with Crippen molar-refractivity contribution in [2.24, 2.45) is 5.73 Å². The molecule has 0 saturated carbocycles. The third-order valence-corrected chi connectivity index (χ3v) is 5.45. The van der Waals surface area contributed by atoms with Crippen molar-refractivity contribution >= 4 is 27.1 Å². The third kappa shape index (κ3) is 3.61. The number of hydrogen-bond acceptors (Lipinski definition) is 4. The number of sulfone groups is 1. The first-order valence-corrected chi connectivity index (χ1v) is 8.66. The lowest BCUT2D eigenvalue weighted by Crippen LogP contribution is -2.28. The molecule has 0 spiro atoms. The molecule has 6 heteroatoms. The Labute approximate surface area is 119 Å². The maximum Gasteiger partial charge on any atom is 0.152 e. The quantitative estimate of drug-likeness (QED) is 0.918. The van der Waals surface area contributed by atoms with Gasteiger partial charge in [0.05, 0.1) is 11.5 Å². The molecule has 1 aliphatic heterocycles. The zero-order valence-corrected chi connectivity index (χ0v) is 12.4. The van der Waals surface area contributed by atoms with Gasteiger partial charge in [0, 0.05) is 23.8 Å². The fraction of sp³-hybridized carbons (Fsp3) is 0.538. The number of hydrogen-bond donors (Lipinski definition) is 1. The van der Waals surface area contributed by atoms with Crippen molar-refractivity contribution in [1.29, 1.82) is 0 Å². The Hall–Kier alpha value is -0.780. The van der Waals surface area contributed by atoms with E-state index in [1.165, 1.54) is 0 Å². The molecule has 19 heavy (non-hydrogen) atoms.